The summed E-state index contributed by atoms with van der Waals surface area (Å²) in [7, 11) is 0. The van der Waals surface area contributed by atoms with Gasteiger partial charge in [-0.15, -0.1) is 0 Å². The van der Waals surface area contributed by atoms with E-state index in [1.165, 1.54) is 22.2 Å². The van der Waals surface area contributed by atoms with Gasteiger partial charge in [-0.05, 0) is 42.5 Å². The van der Waals surface area contributed by atoms with E-state index < -0.39 is 0 Å². The van der Waals surface area contributed by atoms with Crippen molar-refractivity contribution in [3.8, 4) is 0 Å². The van der Waals surface area contributed by atoms with Crippen LogP contribution in [0, 0.1) is 6.92 Å². The van der Waals surface area contributed by atoms with Gasteiger partial charge in [-0.1, -0.05) is 6.07 Å². The number of hydrogen-bond donors (Lipinski definition) is 2. The number of fused-ring (bicyclic) bond motifs is 1. The van der Waals surface area contributed by atoms with Gasteiger partial charge in [0.15, 0.2) is 0 Å². The van der Waals surface area contributed by atoms with E-state index in [2.05, 4.69) is 41.5 Å². The van der Waals surface area contributed by atoms with E-state index in [-0.39, 0.29) is 5.91 Å². The molecule has 2 rings (SSSR count). The van der Waals surface area contributed by atoms with Crippen LogP contribution in [0.3, 0.4) is 0 Å². The largest absolute Gasteiger partial charge is 0.359 e. The highest BCUT2D eigenvalue weighted by Crippen LogP contribution is 2.16. The van der Waals surface area contributed by atoms with Crippen molar-refractivity contribution in [3.63, 3.8) is 0 Å². The van der Waals surface area contributed by atoms with Crippen LogP contribution < -0.4 is 5.32 Å². The molecule has 2 N–H and O–H groups in total. The number of nitrogens with one attached hydrogen (secondary N) is 2. The summed E-state index contributed by atoms with van der Waals surface area (Å²) in [6.07, 6.45) is 0.875. The predicted octanol–water partition coefficient (Wildman–Crippen LogP) is 2.15. The standard InChI is InChI=1S/C13H16N2O/c1-9-7-12-8-11(3-4-13(12)15-9)5-6-14-10(2)16/h3-4,7-8,15H,5-6H2,1-2H3,(H,14,16). The number of carbonyl (C=O) groups is 1. The highest BCUT2D eigenvalue weighted by molar-refractivity contribution is 5.81. The Morgan fingerprint density at radius 2 is 2.19 bits per heavy atom. The first-order valence-electron chi connectivity index (χ1n) is 5.48. The van der Waals surface area contributed by atoms with E-state index in [0.717, 1.165) is 6.42 Å². The van der Waals surface area contributed by atoms with Crippen LogP contribution in [0.2, 0.25) is 0 Å². The minimum absolute atomic E-state index is 0.0265. The maximum atomic E-state index is 10.7. The first-order valence-corrected chi connectivity index (χ1v) is 5.48. The van der Waals surface area contributed by atoms with Crippen LogP contribution in [0.5, 0.6) is 0 Å². The van der Waals surface area contributed by atoms with Crippen LogP contribution in [0.15, 0.2) is 24.3 Å². The molecule has 0 unspecified atom stereocenters. The SMILES string of the molecule is CC(=O)NCCc1ccc2[nH]c(C)cc2c1. The highest BCUT2D eigenvalue weighted by Gasteiger charge is 1.99. The Bertz CT molecular complexity index is 514. The lowest BCUT2D eigenvalue weighted by atomic mass is 10.1. The van der Waals surface area contributed by atoms with Crippen LogP contribution in [0.25, 0.3) is 10.9 Å². The van der Waals surface area contributed by atoms with Gasteiger partial charge in [0.05, 0.1) is 0 Å². The van der Waals surface area contributed by atoms with Crippen molar-refractivity contribution in [3.05, 3.63) is 35.5 Å². The third kappa shape index (κ3) is 2.42. The topological polar surface area (TPSA) is 44.9 Å². The summed E-state index contributed by atoms with van der Waals surface area (Å²) >= 11 is 0. The summed E-state index contributed by atoms with van der Waals surface area (Å²) in [6.45, 7) is 4.29. The molecular weight excluding hydrogens is 200 g/mol. The minimum Gasteiger partial charge on any atom is -0.359 e. The molecule has 3 heteroatoms. The maximum Gasteiger partial charge on any atom is 0.216 e. The van der Waals surface area contributed by atoms with Gasteiger partial charge in [-0.25, -0.2) is 0 Å². The van der Waals surface area contributed by atoms with Gasteiger partial charge in [0.1, 0.15) is 0 Å². The molecule has 0 saturated heterocycles. The van der Waals surface area contributed by atoms with Crippen molar-refractivity contribution in [1.82, 2.24) is 10.3 Å². The maximum absolute atomic E-state index is 10.7. The fourth-order valence-corrected chi connectivity index (χ4v) is 1.87. The second kappa shape index (κ2) is 4.39. The lowest BCUT2D eigenvalue weighted by Gasteiger charge is -2.02. The molecule has 16 heavy (non-hydrogen) atoms. The van der Waals surface area contributed by atoms with Gasteiger partial charge in [-0.3, -0.25) is 4.79 Å². The Balaban J connectivity index is 2.10. The first kappa shape index (κ1) is 10.7. The zero-order valence-electron chi connectivity index (χ0n) is 9.63. The highest BCUT2D eigenvalue weighted by atomic mass is 16.1. The normalized spacial score (nSPS) is 10.6. The number of H-pyrrole nitrogens is 1. The first-order chi connectivity index (χ1) is 7.65. The predicted molar refractivity (Wildman–Crippen MR) is 65.4 cm³/mol. The summed E-state index contributed by atoms with van der Waals surface area (Å²) < 4.78 is 0. The summed E-state index contributed by atoms with van der Waals surface area (Å²) in [6, 6.07) is 8.49. The molecule has 1 aromatic carbocycles. The van der Waals surface area contributed by atoms with E-state index >= 15 is 0 Å². The third-order valence-electron chi connectivity index (χ3n) is 2.61. The van der Waals surface area contributed by atoms with Gasteiger partial charge in [0.2, 0.25) is 5.91 Å². The van der Waals surface area contributed by atoms with Crippen LogP contribution in [-0.4, -0.2) is 17.4 Å². The van der Waals surface area contributed by atoms with E-state index in [1.54, 1.807) is 6.92 Å². The van der Waals surface area contributed by atoms with Crippen molar-refractivity contribution in [2.24, 2.45) is 0 Å². The Hall–Kier alpha value is -1.77. The fourth-order valence-electron chi connectivity index (χ4n) is 1.87. The number of aryl methyl sites for hydroxylation is 1. The fraction of sp³-hybridized carbons (Fsp3) is 0.308. The van der Waals surface area contributed by atoms with E-state index in [1.807, 2.05) is 0 Å². The molecule has 0 bridgehead atoms. The molecule has 0 saturated carbocycles. The smallest absolute Gasteiger partial charge is 0.216 e. The molecule has 1 aromatic heterocycles. The monoisotopic (exact) mass is 216 g/mol. The molecule has 84 valence electrons. The van der Waals surface area contributed by atoms with Crippen LogP contribution in [0.4, 0.5) is 0 Å². The molecule has 2 aromatic rings. The Morgan fingerprint density at radius 1 is 1.38 bits per heavy atom. The van der Waals surface area contributed by atoms with Crippen molar-refractivity contribution >= 4 is 16.8 Å². The molecule has 0 aliphatic carbocycles. The number of carbonyl (C=O) groups excluding carboxylic acids is 1. The van der Waals surface area contributed by atoms with Crippen molar-refractivity contribution in [2.45, 2.75) is 20.3 Å². The molecule has 1 amide bonds. The third-order valence-corrected chi connectivity index (χ3v) is 2.61. The van der Waals surface area contributed by atoms with E-state index in [0.29, 0.717) is 6.54 Å². The lowest BCUT2D eigenvalue weighted by molar-refractivity contribution is -0.118. The average Bonchev–Trinajstić information content (AvgIpc) is 2.56. The number of aromatic amines is 1. The van der Waals surface area contributed by atoms with Crippen molar-refractivity contribution in [1.29, 1.82) is 0 Å². The molecule has 0 spiro atoms. The molecule has 0 atom stereocenters. The second-order valence-corrected chi connectivity index (χ2v) is 4.11. The Morgan fingerprint density at radius 3 is 2.94 bits per heavy atom. The molecule has 0 aliphatic heterocycles. The zero-order valence-corrected chi connectivity index (χ0v) is 9.63. The number of rotatable bonds is 3. The van der Waals surface area contributed by atoms with Crippen molar-refractivity contribution in [2.75, 3.05) is 6.54 Å². The molecule has 0 fully saturated rings. The Kier molecular flexibility index (Phi) is 2.95. The van der Waals surface area contributed by atoms with Crippen molar-refractivity contribution < 1.29 is 4.79 Å². The van der Waals surface area contributed by atoms with E-state index in [9.17, 15) is 4.79 Å². The molecule has 0 radical (unpaired) electrons. The van der Waals surface area contributed by atoms with Gasteiger partial charge >= 0.3 is 0 Å². The quantitative estimate of drug-likeness (QED) is 0.811. The lowest BCUT2D eigenvalue weighted by Crippen LogP contribution is -2.22. The number of benzene rings is 1. The number of aromatic nitrogens is 1. The molecule has 1 heterocycles. The van der Waals surface area contributed by atoms with Crippen LogP contribution in [0.1, 0.15) is 18.2 Å². The second-order valence-electron chi connectivity index (χ2n) is 4.11. The van der Waals surface area contributed by atoms with Crippen LogP contribution >= 0.6 is 0 Å². The summed E-state index contributed by atoms with van der Waals surface area (Å²) in [5, 5.41) is 4.03. The summed E-state index contributed by atoms with van der Waals surface area (Å²) in [5.41, 5.74) is 3.59. The van der Waals surface area contributed by atoms with Gasteiger partial charge in [-0.2, -0.15) is 0 Å². The number of amides is 1. The molecule has 0 aliphatic rings. The summed E-state index contributed by atoms with van der Waals surface area (Å²) in [5.74, 6) is 0.0265. The molecular formula is C13H16N2O. The minimum atomic E-state index is 0.0265. The van der Waals surface area contributed by atoms with Crippen LogP contribution in [-0.2, 0) is 11.2 Å². The number of hydrogen-bond acceptors (Lipinski definition) is 1. The Labute approximate surface area is 94.9 Å². The van der Waals surface area contributed by atoms with E-state index in [4.69, 9.17) is 0 Å². The zero-order chi connectivity index (χ0) is 11.5. The summed E-state index contributed by atoms with van der Waals surface area (Å²) in [4.78, 5) is 14.0. The van der Waals surface area contributed by atoms with Gasteiger partial charge < -0.3 is 10.3 Å². The van der Waals surface area contributed by atoms with Gasteiger partial charge in [0, 0.05) is 24.7 Å². The van der Waals surface area contributed by atoms with Gasteiger partial charge in [0.25, 0.3) is 0 Å². The molecule has 3 nitrogen and oxygen atoms in total. The average molecular weight is 216 g/mol.